The van der Waals surface area contributed by atoms with E-state index in [9.17, 15) is 8.42 Å². The lowest BCUT2D eigenvalue weighted by Gasteiger charge is -2.25. The summed E-state index contributed by atoms with van der Waals surface area (Å²) < 4.78 is 43.0. The molecular weight excluding hydrogens is 342 g/mol. The van der Waals surface area contributed by atoms with E-state index in [-0.39, 0.29) is 11.4 Å². The highest BCUT2D eigenvalue weighted by atomic mass is 32.2. The molecule has 25 heavy (non-hydrogen) atoms. The maximum atomic E-state index is 13.1. The predicted octanol–water partition coefficient (Wildman–Crippen LogP) is 3.09. The first-order chi connectivity index (χ1) is 12.0. The summed E-state index contributed by atoms with van der Waals surface area (Å²) in [5, 5.41) is 0. The van der Waals surface area contributed by atoms with E-state index in [0.717, 1.165) is 0 Å². The third-order valence-corrected chi connectivity index (χ3v) is 5.39. The van der Waals surface area contributed by atoms with Crippen molar-refractivity contribution in [3.05, 3.63) is 55.1 Å². The van der Waals surface area contributed by atoms with E-state index in [1.165, 1.54) is 43.8 Å². The van der Waals surface area contributed by atoms with Crippen molar-refractivity contribution in [1.29, 1.82) is 0 Å². The molecule has 134 valence electrons. The van der Waals surface area contributed by atoms with Crippen LogP contribution >= 0.6 is 0 Å². The molecule has 0 aliphatic carbocycles. The third-order valence-electron chi connectivity index (χ3n) is 3.60. The molecule has 0 aliphatic rings. The van der Waals surface area contributed by atoms with Gasteiger partial charge >= 0.3 is 0 Å². The first-order valence-corrected chi connectivity index (χ1v) is 8.91. The molecule has 2 aromatic rings. The Labute approximate surface area is 148 Å². The maximum Gasteiger partial charge on any atom is 0.264 e. The van der Waals surface area contributed by atoms with Gasteiger partial charge in [0.15, 0.2) is 0 Å². The Balaban J connectivity index is 2.54. The Bertz CT molecular complexity index is 831. The highest BCUT2D eigenvalue weighted by Crippen LogP contribution is 2.35. The second-order valence-corrected chi connectivity index (χ2v) is 6.90. The largest absolute Gasteiger partial charge is 0.497 e. The Morgan fingerprint density at radius 3 is 2.08 bits per heavy atom. The molecule has 0 aliphatic heterocycles. The number of benzene rings is 2. The molecule has 2 rings (SSSR count). The normalized spacial score (nSPS) is 10.8. The number of hydrogen-bond acceptors (Lipinski definition) is 5. The van der Waals surface area contributed by atoms with Gasteiger partial charge in [0.1, 0.15) is 17.2 Å². The fourth-order valence-electron chi connectivity index (χ4n) is 2.31. The zero-order valence-corrected chi connectivity index (χ0v) is 15.2. The minimum Gasteiger partial charge on any atom is -0.497 e. The summed E-state index contributed by atoms with van der Waals surface area (Å²) in [7, 11) is 0.724. The molecule has 2 aromatic carbocycles. The van der Waals surface area contributed by atoms with Crippen LogP contribution in [0.5, 0.6) is 17.2 Å². The van der Waals surface area contributed by atoms with Gasteiger partial charge in [0.05, 0.1) is 38.5 Å². The topological polar surface area (TPSA) is 65.1 Å². The number of ether oxygens (including phenoxy) is 3. The predicted molar refractivity (Wildman–Crippen MR) is 97.3 cm³/mol. The number of rotatable bonds is 8. The second kappa shape index (κ2) is 7.94. The number of sulfonamides is 1. The summed E-state index contributed by atoms with van der Waals surface area (Å²) in [6.07, 6.45) is 1.52. The lowest BCUT2D eigenvalue weighted by Crippen LogP contribution is -2.31. The third kappa shape index (κ3) is 3.88. The molecule has 0 bridgehead atoms. The minimum absolute atomic E-state index is 0.0943. The molecule has 7 heteroatoms. The highest BCUT2D eigenvalue weighted by Gasteiger charge is 2.26. The summed E-state index contributed by atoms with van der Waals surface area (Å²) in [4.78, 5) is 0.146. The van der Waals surface area contributed by atoms with Crippen molar-refractivity contribution >= 4 is 15.7 Å². The van der Waals surface area contributed by atoms with Gasteiger partial charge in [-0.05, 0) is 36.4 Å². The number of methoxy groups -OCH3 is 3. The van der Waals surface area contributed by atoms with Gasteiger partial charge in [0.25, 0.3) is 10.0 Å². The van der Waals surface area contributed by atoms with E-state index in [0.29, 0.717) is 22.9 Å². The molecule has 0 saturated heterocycles. The molecule has 0 amide bonds. The lowest BCUT2D eigenvalue weighted by atomic mass is 10.2. The fourth-order valence-corrected chi connectivity index (χ4v) is 3.76. The van der Waals surface area contributed by atoms with Crippen molar-refractivity contribution in [2.45, 2.75) is 4.90 Å². The van der Waals surface area contributed by atoms with Gasteiger partial charge in [-0.2, -0.15) is 0 Å². The van der Waals surface area contributed by atoms with Crippen LogP contribution in [0.1, 0.15) is 0 Å². The van der Waals surface area contributed by atoms with Gasteiger partial charge in [-0.25, -0.2) is 8.42 Å². The van der Waals surface area contributed by atoms with E-state index in [1.807, 2.05) is 0 Å². The molecule has 0 heterocycles. The van der Waals surface area contributed by atoms with Crippen molar-refractivity contribution in [2.24, 2.45) is 0 Å². The Morgan fingerprint density at radius 1 is 0.960 bits per heavy atom. The number of anilines is 1. The standard InChI is InChI=1S/C18H21NO5S/c1-5-12-19(17-11-8-15(23-3)13-18(17)24-4)25(20,21)16-9-6-14(22-2)7-10-16/h5-11,13H,1,12H2,2-4H3. The molecule has 0 aromatic heterocycles. The van der Waals surface area contributed by atoms with E-state index >= 15 is 0 Å². The number of nitrogens with zero attached hydrogens (tertiary/aromatic N) is 1. The summed E-state index contributed by atoms with van der Waals surface area (Å²) >= 11 is 0. The second-order valence-electron chi connectivity index (χ2n) is 5.04. The van der Waals surface area contributed by atoms with E-state index in [4.69, 9.17) is 14.2 Å². The molecular formula is C18H21NO5S. The van der Waals surface area contributed by atoms with Gasteiger partial charge in [-0.1, -0.05) is 6.08 Å². The molecule has 0 spiro atoms. The van der Waals surface area contributed by atoms with Gasteiger partial charge in [0.2, 0.25) is 0 Å². The molecule has 6 nitrogen and oxygen atoms in total. The van der Waals surface area contributed by atoms with E-state index < -0.39 is 10.0 Å². The first kappa shape index (κ1) is 18.7. The molecule has 0 fully saturated rings. The number of hydrogen-bond donors (Lipinski definition) is 0. The Morgan fingerprint density at radius 2 is 1.56 bits per heavy atom. The van der Waals surface area contributed by atoms with Gasteiger partial charge in [-0.15, -0.1) is 6.58 Å². The van der Waals surface area contributed by atoms with Gasteiger partial charge < -0.3 is 14.2 Å². The van der Waals surface area contributed by atoms with Crippen LogP contribution in [0.25, 0.3) is 0 Å². The van der Waals surface area contributed by atoms with Crippen molar-refractivity contribution in [1.82, 2.24) is 0 Å². The average molecular weight is 363 g/mol. The van der Waals surface area contributed by atoms with Crippen LogP contribution in [-0.2, 0) is 10.0 Å². The molecule has 0 radical (unpaired) electrons. The molecule has 0 saturated carbocycles. The summed E-state index contributed by atoms with van der Waals surface area (Å²) in [5.41, 5.74) is 0.402. The molecule has 0 unspecified atom stereocenters. The summed E-state index contributed by atoms with van der Waals surface area (Å²) in [6, 6.07) is 11.2. The van der Waals surface area contributed by atoms with Crippen molar-refractivity contribution in [3.8, 4) is 17.2 Å². The van der Waals surface area contributed by atoms with Crippen LogP contribution in [0.3, 0.4) is 0 Å². The van der Waals surface area contributed by atoms with Crippen LogP contribution in [0.15, 0.2) is 60.0 Å². The van der Waals surface area contributed by atoms with Gasteiger partial charge in [0, 0.05) is 6.07 Å². The Hall–Kier alpha value is -2.67. The van der Waals surface area contributed by atoms with E-state index in [2.05, 4.69) is 6.58 Å². The lowest BCUT2D eigenvalue weighted by molar-refractivity contribution is 0.395. The summed E-state index contributed by atoms with van der Waals surface area (Å²) in [5.74, 6) is 1.54. The van der Waals surface area contributed by atoms with Crippen molar-refractivity contribution in [2.75, 3.05) is 32.2 Å². The average Bonchev–Trinajstić information content (AvgIpc) is 2.65. The fraction of sp³-hybridized carbons (Fsp3) is 0.222. The van der Waals surface area contributed by atoms with Gasteiger partial charge in [-0.3, -0.25) is 4.31 Å². The SMILES string of the molecule is C=CCN(c1ccc(OC)cc1OC)S(=O)(=O)c1ccc(OC)cc1. The quantitative estimate of drug-likeness (QED) is 0.674. The van der Waals surface area contributed by atoms with Crippen LogP contribution in [0, 0.1) is 0 Å². The van der Waals surface area contributed by atoms with Crippen LogP contribution in [-0.4, -0.2) is 36.3 Å². The van der Waals surface area contributed by atoms with E-state index in [1.54, 1.807) is 30.3 Å². The zero-order valence-electron chi connectivity index (χ0n) is 14.4. The Kier molecular flexibility index (Phi) is 5.93. The monoisotopic (exact) mass is 363 g/mol. The first-order valence-electron chi connectivity index (χ1n) is 7.47. The highest BCUT2D eigenvalue weighted by molar-refractivity contribution is 7.92. The smallest absolute Gasteiger partial charge is 0.264 e. The van der Waals surface area contributed by atoms with Crippen molar-refractivity contribution in [3.63, 3.8) is 0 Å². The maximum absolute atomic E-state index is 13.1. The molecule has 0 atom stereocenters. The zero-order chi connectivity index (χ0) is 18.4. The minimum atomic E-state index is -3.81. The van der Waals surface area contributed by atoms with Crippen molar-refractivity contribution < 1.29 is 22.6 Å². The van der Waals surface area contributed by atoms with Crippen LogP contribution < -0.4 is 18.5 Å². The summed E-state index contributed by atoms with van der Waals surface area (Å²) in [6.45, 7) is 3.75. The molecule has 0 N–H and O–H groups in total. The van der Waals surface area contributed by atoms with Crippen LogP contribution in [0.4, 0.5) is 5.69 Å². The van der Waals surface area contributed by atoms with Crippen LogP contribution in [0.2, 0.25) is 0 Å².